The minimum Gasteiger partial charge on any atom is -0.286 e. The van der Waals surface area contributed by atoms with Crippen LogP contribution in [0.5, 0.6) is 0 Å². The van der Waals surface area contributed by atoms with Crippen molar-refractivity contribution in [1.82, 2.24) is 4.31 Å². The van der Waals surface area contributed by atoms with E-state index in [4.69, 9.17) is 9.11 Å². The molecule has 4 heteroatoms. The molecule has 0 bridgehead atoms. The lowest BCUT2D eigenvalue weighted by molar-refractivity contribution is 0.400. The summed E-state index contributed by atoms with van der Waals surface area (Å²) in [5.74, 6) is 0. The molecule has 0 aromatic heterocycles. The summed E-state index contributed by atoms with van der Waals surface area (Å²) in [5.41, 5.74) is 0. The summed E-state index contributed by atoms with van der Waals surface area (Å²) in [6.07, 6.45) is 1.41. The Bertz CT molecular complexity index is 72.6. The van der Waals surface area contributed by atoms with Gasteiger partial charge in [-0.15, -0.1) is 10.8 Å². The normalized spacial score (nSPS) is 12.4. The van der Waals surface area contributed by atoms with E-state index in [0.717, 1.165) is 0 Å². The molecular formula is C6H19NO2S. The first-order chi connectivity index (χ1) is 4.48. The number of hydrogen-bond acceptors (Lipinski definition) is 3. The first-order valence-corrected chi connectivity index (χ1v) is 5.34. The maximum atomic E-state index is 8.85. The van der Waals surface area contributed by atoms with E-state index >= 15 is 0 Å². The standard InChI is InChI=1S/C4H13NO2S.C2H6/c1-4-5(2)8(3,6)7;1-2/h6-7H,4H2,1-3H3;1-2H3. The lowest BCUT2D eigenvalue weighted by Gasteiger charge is -2.35. The molecule has 3 nitrogen and oxygen atoms in total. The molecular weight excluding hydrogens is 150 g/mol. The number of hydrogen-bond donors (Lipinski definition) is 2. The number of rotatable bonds is 2. The smallest absolute Gasteiger partial charge is 0.0418 e. The Kier molecular flexibility index (Phi) is 7.69. The van der Waals surface area contributed by atoms with Gasteiger partial charge in [-0.05, 0) is 0 Å². The van der Waals surface area contributed by atoms with E-state index in [-0.39, 0.29) is 0 Å². The van der Waals surface area contributed by atoms with Crippen molar-refractivity contribution in [1.29, 1.82) is 0 Å². The SMILES string of the molecule is CC.CCN(C)S(C)(O)O. The minimum atomic E-state index is -2.42. The summed E-state index contributed by atoms with van der Waals surface area (Å²) in [5, 5.41) is 0. The van der Waals surface area contributed by atoms with Crippen LogP contribution in [0.2, 0.25) is 0 Å². The van der Waals surface area contributed by atoms with Crippen molar-refractivity contribution in [2.24, 2.45) is 0 Å². The quantitative estimate of drug-likeness (QED) is 0.666. The molecule has 0 unspecified atom stereocenters. The lowest BCUT2D eigenvalue weighted by atomic mass is 10.8. The van der Waals surface area contributed by atoms with Crippen molar-refractivity contribution in [3.8, 4) is 0 Å². The zero-order chi connectivity index (χ0) is 8.78. The molecule has 0 saturated heterocycles. The molecule has 0 rings (SSSR count). The highest BCUT2D eigenvalue weighted by molar-refractivity contribution is 8.21. The Morgan fingerprint density at radius 2 is 1.60 bits per heavy atom. The summed E-state index contributed by atoms with van der Waals surface area (Å²) in [7, 11) is -0.744. The summed E-state index contributed by atoms with van der Waals surface area (Å²) >= 11 is 0. The summed E-state index contributed by atoms with van der Waals surface area (Å²) in [6.45, 7) is 6.54. The molecule has 0 spiro atoms. The molecule has 0 atom stereocenters. The van der Waals surface area contributed by atoms with Gasteiger partial charge in [0.25, 0.3) is 0 Å². The molecule has 10 heavy (non-hydrogen) atoms. The summed E-state index contributed by atoms with van der Waals surface area (Å²) in [4.78, 5) is 0. The topological polar surface area (TPSA) is 43.7 Å². The first kappa shape index (κ1) is 12.9. The van der Waals surface area contributed by atoms with Crippen LogP contribution in [0.15, 0.2) is 0 Å². The van der Waals surface area contributed by atoms with Gasteiger partial charge in [0.1, 0.15) is 0 Å². The van der Waals surface area contributed by atoms with E-state index in [9.17, 15) is 0 Å². The second-order valence-corrected chi connectivity index (χ2v) is 3.95. The molecule has 0 heterocycles. The maximum Gasteiger partial charge on any atom is 0.0418 e. The Morgan fingerprint density at radius 3 is 1.60 bits per heavy atom. The van der Waals surface area contributed by atoms with Gasteiger partial charge in [0.05, 0.1) is 0 Å². The van der Waals surface area contributed by atoms with Crippen LogP contribution in [0.25, 0.3) is 0 Å². The van der Waals surface area contributed by atoms with Gasteiger partial charge in [-0.1, -0.05) is 20.8 Å². The molecule has 2 N–H and O–H groups in total. The van der Waals surface area contributed by atoms with Crippen molar-refractivity contribution in [3.05, 3.63) is 0 Å². The molecule has 0 aliphatic carbocycles. The fourth-order valence-corrected chi connectivity index (χ4v) is 0.734. The molecule has 0 saturated carbocycles. The van der Waals surface area contributed by atoms with Gasteiger partial charge >= 0.3 is 0 Å². The predicted octanol–water partition coefficient (Wildman–Crippen LogP) is 2.26. The van der Waals surface area contributed by atoms with E-state index in [2.05, 4.69) is 0 Å². The Labute approximate surface area is 65.5 Å². The van der Waals surface area contributed by atoms with Crippen molar-refractivity contribution in [2.45, 2.75) is 20.8 Å². The zero-order valence-electron chi connectivity index (χ0n) is 7.46. The molecule has 0 aliphatic heterocycles. The van der Waals surface area contributed by atoms with E-state index < -0.39 is 10.8 Å². The van der Waals surface area contributed by atoms with Crippen LogP contribution < -0.4 is 0 Å². The number of nitrogens with zero attached hydrogens (tertiary/aromatic N) is 1. The molecule has 0 fully saturated rings. The maximum absolute atomic E-state index is 8.85. The largest absolute Gasteiger partial charge is 0.286 e. The van der Waals surface area contributed by atoms with Gasteiger partial charge < -0.3 is 0 Å². The van der Waals surface area contributed by atoms with Crippen LogP contribution in [0.1, 0.15) is 20.8 Å². The first-order valence-electron chi connectivity index (χ1n) is 3.43. The van der Waals surface area contributed by atoms with Crippen molar-refractivity contribution < 1.29 is 9.11 Å². The molecule has 0 amide bonds. The second kappa shape index (κ2) is 5.97. The second-order valence-electron chi connectivity index (χ2n) is 1.74. The monoisotopic (exact) mass is 169 g/mol. The Balaban J connectivity index is 0. The van der Waals surface area contributed by atoms with Crippen molar-refractivity contribution >= 4 is 10.8 Å². The van der Waals surface area contributed by atoms with Crippen LogP contribution in [0.3, 0.4) is 0 Å². The highest BCUT2D eigenvalue weighted by Gasteiger charge is 2.07. The Hall–Kier alpha value is 0.230. The van der Waals surface area contributed by atoms with Crippen LogP contribution in [-0.4, -0.2) is 33.3 Å². The van der Waals surface area contributed by atoms with Gasteiger partial charge in [0.2, 0.25) is 0 Å². The van der Waals surface area contributed by atoms with E-state index in [1.807, 2.05) is 20.8 Å². The van der Waals surface area contributed by atoms with Gasteiger partial charge in [0.15, 0.2) is 0 Å². The van der Waals surface area contributed by atoms with Gasteiger partial charge in [-0.2, -0.15) is 0 Å². The molecule has 0 aromatic carbocycles. The molecule has 0 radical (unpaired) electrons. The molecule has 0 aromatic rings. The van der Waals surface area contributed by atoms with E-state index in [1.54, 1.807) is 7.05 Å². The third kappa shape index (κ3) is 6.35. The predicted molar refractivity (Wildman–Crippen MR) is 48.4 cm³/mol. The van der Waals surface area contributed by atoms with Crippen LogP contribution in [0, 0.1) is 0 Å². The van der Waals surface area contributed by atoms with Crippen molar-refractivity contribution in [3.63, 3.8) is 0 Å². The van der Waals surface area contributed by atoms with E-state index in [0.29, 0.717) is 6.54 Å². The average Bonchev–Trinajstić information content (AvgIpc) is 1.89. The molecule has 0 aliphatic rings. The highest BCUT2D eigenvalue weighted by Crippen LogP contribution is 2.35. The van der Waals surface area contributed by atoms with Gasteiger partial charge in [-0.25, -0.2) is 4.31 Å². The fraction of sp³-hybridized carbons (Fsp3) is 1.00. The summed E-state index contributed by atoms with van der Waals surface area (Å²) < 4.78 is 19.2. The van der Waals surface area contributed by atoms with Crippen LogP contribution in [0.4, 0.5) is 0 Å². The van der Waals surface area contributed by atoms with Gasteiger partial charge in [-0.3, -0.25) is 9.11 Å². The summed E-state index contributed by atoms with van der Waals surface area (Å²) in [6, 6.07) is 0. The van der Waals surface area contributed by atoms with E-state index in [1.165, 1.54) is 10.6 Å². The van der Waals surface area contributed by atoms with Gasteiger partial charge in [0, 0.05) is 19.8 Å². The highest BCUT2D eigenvalue weighted by atomic mass is 32.3. The fourth-order valence-electron chi connectivity index (χ4n) is 0.245. The minimum absolute atomic E-state index is 0.666. The van der Waals surface area contributed by atoms with Crippen LogP contribution >= 0.6 is 10.8 Å². The lowest BCUT2D eigenvalue weighted by Crippen LogP contribution is -2.21. The van der Waals surface area contributed by atoms with Crippen molar-refractivity contribution in [2.75, 3.05) is 19.8 Å². The van der Waals surface area contributed by atoms with Crippen LogP contribution in [-0.2, 0) is 0 Å². The zero-order valence-corrected chi connectivity index (χ0v) is 8.27. The molecule has 66 valence electrons. The average molecular weight is 169 g/mol. The third-order valence-corrected chi connectivity index (χ3v) is 2.47. The third-order valence-electron chi connectivity index (χ3n) is 1.04. The Morgan fingerprint density at radius 1 is 1.30 bits per heavy atom.